The summed E-state index contributed by atoms with van der Waals surface area (Å²) in [5.41, 5.74) is 2.43. The van der Waals surface area contributed by atoms with Gasteiger partial charge in [-0.25, -0.2) is 0 Å². The van der Waals surface area contributed by atoms with Gasteiger partial charge in [0.15, 0.2) is 5.96 Å². The molecular formula is C21H38N4O2. The Kier molecular flexibility index (Phi) is 10.2. The van der Waals surface area contributed by atoms with Crippen molar-refractivity contribution in [1.82, 2.24) is 15.5 Å². The molecule has 6 nitrogen and oxygen atoms in total. The fraction of sp³-hybridized carbons (Fsp3) is 0.667. The Hall–Kier alpha value is -1.79. The van der Waals surface area contributed by atoms with Crippen LogP contribution < -0.4 is 15.4 Å². The van der Waals surface area contributed by atoms with Crippen molar-refractivity contribution in [2.45, 2.75) is 34.2 Å². The van der Waals surface area contributed by atoms with E-state index < -0.39 is 0 Å². The number of benzene rings is 1. The van der Waals surface area contributed by atoms with Crippen molar-refractivity contribution in [2.75, 3.05) is 54.1 Å². The van der Waals surface area contributed by atoms with Gasteiger partial charge in [0.05, 0.1) is 6.61 Å². The van der Waals surface area contributed by atoms with Gasteiger partial charge in [-0.15, -0.1) is 0 Å². The fourth-order valence-electron chi connectivity index (χ4n) is 2.93. The van der Waals surface area contributed by atoms with E-state index in [4.69, 9.17) is 9.47 Å². The summed E-state index contributed by atoms with van der Waals surface area (Å²) in [4.78, 5) is 6.54. The van der Waals surface area contributed by atoms with Crippen LogP contribution in [0.2, 0.25) is 0 Å². The average Bonchev–Trinajstić information content (AvgIpc) is 2.59. The molecule has 0 aliphatic heterocycles. The predicted octanol–water partition coefficient (Wildman–Crippen LogP) is 2.66. The molecule has 154 valence electrons. The monoisotopic (exact) mass is 378 g/mol. The zero-order valence-corrected chi connectivity index (χ0v) is 18.2. The van der Waals surface area contributed by atoms with Crippen LogP contribution in [0.15, 0.2) is 23.2 Å². The zero-order chi connectivity index (χ0) is 20.3. The van der Waals surface area contributed by atoms with Crippen LogP contribution in [0.5, 0.6) is 5.75 Å². The summed E-state index contributed by atoms with van der Waals surface area (Å²) in [7, 11) is 5.99. The van der Waals surface area contributed by atoms with Crippen LogP contribution >= 0.6 is 0 Å². The van der Waals surface area contributed by atoms with Crippen LogP contribution in [-0.4, -0.2) is 64.9 Å². The highest BCUT2D eigenvalue weighted by Gasteiger charge is 2.19. The van der Waals surface area contributed by atoms with Crippen LogP contribution in [0.4, 0.5) is 0 Å². The highest BCUT2D eigenvalue weighted by Crippen LogP contribution is 2.20. The highest BCUT2D eigenvalue weighted by molar-refractivity contribution is 5.79. The lowest BCUT2D eigenvalue weighted by atomic mass is 9.93. The van der Waals surface area contributed by atoms with Gasteiger partial charge in [-0.05, 0) is 45.0 Å². The van der Waals surface area contributed by atoms with Crippen LogP contribution in [0.25, 0.3) is 0 Å². The third-order valence-corrected chi connectivity index (χ3v) is 4.06. The predicted molar refractivity (Wildman–Crippen MR) is 114 cm³/mol. The first-order chi connectivity index (χ1) is 12.8. The first-order valence-corrected chi connectivity index (χ1v) is 9.66. The van der Waals surface area contributed by atoms with Crippen LogP contribution in [-0.2, 0) is 11.3 Å². The smallest absolute Gasteiger partial charge is 0.191 e. The lowest BCUT2D eigenvalue weighted by Gasteiger charge is -2.29. The summed E-state index contributed by atoms with van der Waals surface area (Å²) in [5.74, 6) is 1.69. The summed E-state index contributed by atoms with van der Waals surface area (Å²) in [6, 6.07) is 6.27. The lowest BCUT2D eigenvalue weighted by molar-refractivity contribution is 0.110. The number of aliphatic imine (C=N–C) groups is 1. The molecule has 1 aromatic carbocycles. The largest absolute Gasteiger partial charge is 0.491 e. The molecule has 0 atom stereocenters. The van der Waals surface area contributed by atoms with E-state index in [0.29, 0.717) is 26.4 Å². The number of rotatable bonds is 11. The molecule has 0 aliphatic rings. The first-order valence-electron chi connectivity index (χ1n) is 9.66. The molecule has 0 amide bonds. The number of ether oxygens (including phenoxy) is 2. The maximum atomic E-state index is 5.91. The SMILES string of the molecule is CCOCCOc1cc(C)ccc1CNC(=NC)NCC(C)(C)CN(C)C. The molecule has 0 aliphatic carbocycles. The van der Waals surface area contributed by atoms with E-state index in [9.17, 15) is 0 Å². The molecule has 0 saturated heterocycles. The molecule has 0 radical (unpaired) electrons. The first kappa shape index (κ1) is 23.2. The molecule has 0 aromatic heterocycles. The minimum absolute atomic E-state index is 0.151. The van der Waals surface area contributed by atoms with Gasteiger partial charge < -0.3 is 25.0 Å². The Morgan fingerprint density at radius 3 is 2.56 bits per heavy atom. The second-order valence-electron chi connectivity index (χ2n) is 7.84. The maximum absolute atomic E-state index is 5.91. The summed E-state index contributed by atoms with van der Waals surface area (Å²) in [5, 5.41) is 6.81. The fourth-order valence-corrected chi connectivity index (χ4v) is 2.93. The number of guanidine groups is 1. The number of hydrogen-bond acceptors (Lipinski definition) is 4. The Labute approximate surface area is 165 Å². The summed E-state index contributed by atoms with van der Waals surface area (Å²) < 4.78 is 11.3. The molecule has 0 spiro atoms. The van der Waals surface area contributed by atoms with Gasteiger partial charge in [0, 0.05) is 38.9 Å². The summed E-state index contributed by atoms with van der Waals surface area (Å²) >= 11 is 0. The van der Waals surface area contributed by atoms with Gasteiger partial charge in [-0.2, -0.15) is 0 Å². The maximum Gasteiger partial charge on any atom is 0.191 e. The molecule has 27 heavy (non-hydrogen) atoms. The third-order valence-electron chi connectivity index (χ3n) is 4.06. The molecule has 0 heterocycles. The van der Waals surface area contributed by atoms with Crippen molar-refractivity contribution in [2.24, 2.45) is 10.4 Å². The van der Waals surface area contributed by atoms with Gasteiger partial charge in [-0.3, -0.25) is 4.99 Å². The highest BCUT2D eigenvalue weighted by atomic mass is 16.5. The average molecular weight is 379 g/mol. The Balaban J connectivity index is 2.61. The molecule has 0 bridgehead atoms. The third kappa shape index (κ3) is 9.63. The Morgan fingerprint density at radius 2 is 1.93 bits per heavy atom. The number of aryl methyl sites for hydroxylation is 1. The van der Waals surface area contributed by atoms with E-state index >= 15 is 0 Å². The van der Waals surface area contributed by atoms with E-state index in [1.165, 1.54) is 5.56 Å². The summed E-state index contributed by atoms with van der Waals surface area (Å²) in [6.07, 6.45) is 0. The number of nitrogens with zero attached hydrogens (tertiary/aromatic N) is 2. The van der Waals surface area contributed by atoms with Crippen molar-refractivity contribution in [1.29, 1.82) is 0 Å². The zero-order valence-electron chi connectivity index (χ0n) is 18.2. The van der Waals surface area contributed by atoms with Crippen molar-refractivity contribution in [3.8, 4) is 5.75 Å². The second-order valence-corrected chi connectivity index (χ2v) is 7.84. The number of nitrogens with one attached hydrogen (secondary N) is 2. The molecular weight excluding hydrogens is 340 g/mol. The molecule has 0 saturated carbocycles. The normalized spacial score (nSPS) is 12.4. The quantitative estimate of drug-likeness (QED) is 0.352. The van der Waals surface area contributed by atoms with Crippen molar-refractivity contribution in [3.63, 3.8) is 0 Å². The van der Waals surface area contributed by atoms with E-state index in [1.54, 1.807) is 7.05 Å². The lowest BCUT2D eigenvalue weighted by Crippen LogP contribution is -2.44. The van der Waals surface area contributed by atoms with Gasteiger partial charge in [0.1, 0.15) is 12.4 Å². The van der Waals surface area contributed by atoms with Crippen LogP contribution in [0, 0.1) is 12.3 Å². The van der Waals surface area contributed by atoms with Crippen molar-refractivity contribution < 1.29 is 9.47 Å². The molecule has 1 aromatic rings. The number of hydrogen-bond donors (Lipinski definition) is 2. The van der Waals surface area contributed by atoms with E-state index in [2.05, 4.69) is 73.6 Å². The molecule has 2 N–H and O–H groups in total. The second kappa shape index (κ2) is 11.8. The minimum atomic E-state index is 0.151. The molecule has 6 heteroatoms. The van der Waals surface area contributed by atoms with Crippen LogP contribution in [0.1, 0.15) is 31.9 Å². The van der Waals surface area contributed by atoms with Crippen molar-refractivity contribution in [3.05, 3.63) is 29.3 Å². The van der Waals surface area contributed by atoms with Gasteiger partial charge in [0.2, 0.25) is 0 Å². The Bertz CT molecular complexity index is 586. The Morgan fingerprint density at radius 1 is 1.19 bits per heavy atom. The summed E-state index contributed by atoms with van der Waals surface area (Å²) in [6.45, 7) is 12.9. The molecule has 1 rings (SSSR count). The van der Waals surface area contributed by atoms with E-state index in [-0.39, 0.29) is 5.41 Å². The van der Waals surface area contributed by atoms with E-state index in [0.717, 1.165) is 30.4 Å². The van der Waals surface area contributed by atoms with Gasteiger partial charge in [-0.1, -0.05) is 26.0 Å². The van der Waals surface area contributed by atoms with Gasteiger partial charge >= 0.3 is 0 Å². The minimum Gasteiger partial charge on any atom is -0.491 e. The molecule has 0 unspecified atom stereocenters. The molecule has 0 fully saturated rings. The van der Waals surface area contributed by atoms with E-state index in [1.807, 2.05) is 6.92 Å². The van der Waals surface area contributed by atoms with Crippen molar-refractivity contribution >= 4 is 5.96 Å². The topological polar surface area (TPSA) is 58.1 Å². The van der Waals surface area contributed by atoms with Gasteiger partial charge in [0.25, 0.3) is 0 Å². The van der Waals surface area contributed by atoms with Crippen LogP contribution in [0.3, 0.4) is 0 Å². The standard InChI is InChI=1S/C21H38N4O2/c1-8-26-11-12-27-19-13-17(2)9-10-18(19)14-23-20(22-5)24-15-21(3,4)16-25(6)7/h9-10,13H,8,11-12,14-16H2,1-7H3,(H2,22,23,24).